The normalized spacial score (nSPS) is 22.4. The third-order valence-electron chi connectivity index (χ3n) is 3.86. The lowest BCUT2D eigenvalue weighted by atomic mass is 10.1. The predicted molar refractivity (Wildman–Crippen MR) is 89.6 cm³/mol. The summed E-state index contributed by atoms with van der Waals surface area (Å²) >= 11 is 13.6. The fourth-order valence-corrected chi connectivity index (χ4v) is 3.58. The van der Waals surface area contributed by atoms with Gasteiger partial charge >= 0.3 is 0 Å². The maximum Gasteiger partial charge on any atom is 0.233 e. The Morgan fingerprint density at radius 3 is 2.50 bits per heavy atom. The molecule has 1 fully saturated rings. The van der Waals surface area contributed by atoms with Crippen molar-refractivity contribution >= 4 is 46.6 Å². The summed E-state index contributed by atoms with van der Waals surface area (Å²) in [6.07, 6.45) is 4.14. The van der Waals surface area contributed by atoms with Gasteiger partial charge in [0.05, 0.1) is 5.41 Å². The summed E-state index contributed by atoms with van der Waals surface area (Å²) < 4.78 is 1.000. The molecule has 3 rings (SSSR count). The van der Waals surface area contributed by atoms with Gasteiger partial charge in [0.2, 0.25) is 5.91 Å². The third-order valence-corrected chi connectivity index (χ3v) is 6.04. The average Bonchev–Trinajstić information content (AvgIpc) is 2.77. The van der Waals surface area contributed by atoms with Crippen LogP contribution in [0.25, 0.3) is 0 Å². The van der Waals surface area contributed by atoms with Gasteiger partial charge in [0.1, 0.15) is 4.33 Å². The first kappa shape index (κ1) is 15.7. The number of carbonyl (C=O) groups excluding carboxylic acids is 1. The van der Waals surface area contributed by atoms with Crippen LogP contribution in [0.4, 0.5) is 5.69 Å². The topological polar surface area (TPSA) is 46.9 Å². The second-order valence-electron chi connectivity index (χ2n) is 5.61. The summed E-state index contributed by atoms with van der Waals surface area (Å²) in [6.45, 7) is 1.77. The minimum atomic E-state index is -0.953. The number of nitrogens with one attached hydrogen (secondary N) is 1. The Balaban J connectivity index is 1.65. The van der Waals surface area contributed by atoms with E-state index in [0.717, 1.165) is 15.7 Å². The van der Waals surface area contributed by atoms with Crippen LogP contribution < -0.4 is 5.32 Å². The quantitative estimate of drug-likeness (QED) is 0.840. The van der Waals surface area contributed by atoms with Crippen molar-refractivity contribution in [2.75, 3.05) is 5.32 Å². The van der Waals surface area contributed by atoms with Gasteiger partial charge in [-0.2, -0.15) is 0 Å². The molecule has 0 bridgehead atoms. The van der Waals surface area contributed by atoms with Crippen LogP contribution in [0, 0.1) is 5.41 Å². The number of hydrogen-bond acceptors (Lipinski definition) is 3. The van der Waals surface area contributed by atoms with Crippen molar-refractivity contribution in [2.24, 2.45) is 12.5 Å². The molecule has 7 heteroatoms. The molecule has 0 spiro atoms. The molecule has 1 unspecified atom stereocenters. The number of alkyl halides is 2. The fourth-order valence-electron chi connectivity index (χ4n) is 2.08. The molecule has 1 aliphatic rings. The van der Waals surface area contributed by atoms with Gasteiger partial charge < -0.3 is 9.88 Å². The number of anilines is 1. The van der Waals surface area contributed by atoms with Crippen molar-refractivity contribution in [1.82, 2.24) is 9.55 Å². The van der Waals surface area contributed by atoms with Gasteiger partial charge in [0.15, 0.2) is 5.16 Å². The first-order valence-electron chi connectivity index (χ1n) is 6.76. The molecule has 0 radical (unpaired) electrons. The smallest absolute Gasteiger partial charge is 0.233 e. The highest BCUT2D eigenvalue weighted by Gasteiger charge is 2.67. The zero-order valence-corrected chi connectivity index (χ0v) is 14.5. The molecule has 1 N–H and O–H groups in total. The zero-order chi connectivity index (χ0) is 16.0. The standard InChI is InChI=1S/C15H15Cl2N3OS/c1-14(9-15(14,16)17)12(21)19-10-3-5-11(6-4-10)22-13-18-7-8-20(13)2/h3-8H,9H2,1-2H3,(H,19,21). The molecule has 1 aromatic heterocycles. The molecular weight excluding hydrogens is 341 g/mol. The number of halogens is 2. The van der Waals surface area contributed by atoms with Crippen LogP contribution in [0.3, 0.4) is 0 Å². The summed E-state index contributed by atoms with van der Waals surface area (Å²) in [7, 11) is 1.95. The second kappa shape index (κ2) is 5.48. The zero-order valence-electron chi connectivity index (χ0n) is 12.1. The van der Waals surface area contributed by atoms with Crippen LogP contribution in [-0.2, 0) is 11.8 Å². The molecule has 1 amide bonds. The number of aryl methyl sites for hydroxylation is 1. The molecule has 1 saturated carbocycles. The molecule has 1 heterocycles. The Kier molecular flexibility index (Phi) is 3.91. The van der Waals surface area contributed by atoms with E-state index in [-0.39, 0.29) is 5.91 Å². The molecule has 1 atom stereocenters. The van der Waals surface area contributed by atoms with E-state index in [9.17, 15) is 4.79 Å². The first-order valence-corrected chi connectivity index (χ1v) is 8.34. The number of nitrogens with zero attached hydrogens (tertiary/aromatic N) is 2. The number of benzene rings is 1. The Hall–Kier alpha value is -1.17. The monoisotopic (exact) mass is 355 g/mol. The Labute approximate surface area is 143 Å². The van der Waals surface area contributed by atoms with E-state index >= 15 is 0 Å². The molecular formula is C15H15Cl2N3OS. The summed E-state index contributed by atoms with van der Waals surface area (Å²) in [5.74, 6) is -0.151. The summed E-state index contributed by atoms with van der Waals surface area (Å²) in [6, 6.07) is 7.61. The molecule has 0 aliphatic heterocycles. The lowest BCUT2D eigenvalue weighted by molar-refractivity contribution is -0.120. The summed E-state index contributed by atoms with van der Waals surface area (Å²) in [5, 5.41) is 3.77. The number of rotatable bonds is 4. The number of carbonyl (C=O) groups is 1. The van der Waals surface area contributed by atoms with Crippen LogP contribution in [0.15, 0.2) is 46.7 Å². The number of amides is 1. The fraction of sp³-hybridized carbons (Fsp3) is 0.333. The Morgan fingerprint density at radius 1 is 1.36 bits per heavy atom. The van der Waals surface area contributed by atoms with Crippen molar-refractivity contribution in [3.8, 4) is 0 Å². The minimum absolute atomic E-state index is 0.151. The summed E-state index contributed by atoms with van der Waals surface area (Å²) in [5.41, 5.74) is 0.0164. The van der Waals surface area contributed by atoms with Crippen molar-refractivity contribution < 1.29 is 4.79 Å². The molecule has 116 valence electrons. The summed E-state index contributed by atoms with van der Waals surface area (Å²) in [4.78, 5) is 17.5. The molecule has 1 aromatic carbocycles. The van der Waals surface area contributed by atoms with Crippen molar-refractivity contribution in [2.45, 2.75) is 27.7 Å². The van der Waals surface area contributed by atoms with Gasteiger partial charge in [-0.05, 0) is 37.6 Å². The van der Waals surface area contributed by atoms with Gasteiger partial charge in [-0.15, -0.1) is 23.2 Å². The van der Waals surface area contributed by atoms with E-state index in [1.807, 2.05) is 42.1 Å². The van der Waals surface area contributed by atoms with Crippen molar-refractivity contribution in [3.05, 3.63) is 36.7 Å². The van der Waals surface area contributed by atoms with Crippen LogP contribution in [0.5, 0.6) is 0 Å². The average molecular weight is 356 g/mol. The molecule has 4 nitrogen and oxygen atoms in total. The van der Waals surface area contributed by atoms with Crippen LogP contribution in [0.2, 0.25) is 0 Å². The molecule has 0 saturated heterocycles. The van der Waals surface area contributed by atoms with Crippen molar-refractivity contribution in [1.29, 1.82) is 0 Å². The maximum atomic E-state index is 12.2. The first-order chi connectivity index (χ1) is 10.3. The van der Waals surface area contributed by atoms with Crippen molar-refractivity contribution in [3.63, 3.8) is 0 Å². The molecule has 2 aromatic rings. The van der Waals surface area contributed by atoms with E-state index < -0.39 is 9.75 Å². The number of aromatic nitrogens is 2. The molecule has 1 aliphatic carbocycles. The SMILES string of the molecule is Cn1ccnc1Sc1ccc(NC(=O)C2(C)CC2(Cl)Cl)cc1. The number of imidazole rings is 1. The van der Waals surface area contributed by atoms with Crippen LogP contribution in [-0.4, -0.2) is 19.8 Å². The van der Waals surface area contributed by atoms with Crippen LogP contribution in [0.1, 0.15) is 13.3 Å². The number of hydrogen-bond donors (Lipinski definition) is 1. The van der Waals surface area contributed by atoms with Gasteiger partial charge in [-0.3, -0.25) is 4.79 Å². The van der Waals surface area contributed by atoms with Gasteiger partial charge in [0, 0.05) is 30.0 Å². The lowest BCUT2D eigenvalue weighted by Crippen LogP contribution is -2.25. The highest BCUT2D eigenvalue weighted by molar-refractivity contribution is 7.99. The van der Waals surface area contributed by atoms with Gasteiger partial charge in [-0.1, -0.05) is 11.8 Å². The lowest BCUT2D eigenvalue weighted by Gasteiger charge is -2.12. The highest BCUT2D eigenvalue weighted by atomic mass is 35.5. The maximum absolute atomic E-state index is 12.2. The third kappa shape index (κ3) is 2.85. The van der Waals surface area contributed by atoms with E-state index in [1.54, 1.807) is 24.9 Å². The van der Waals surface area contributed by atoms with E-state index in [4.69, 9.17) is 23.2 Å². The Morgan fingerprint density at radius 2 is 2.00 bits per heavy atom. The minimum Gasteiger partial charge on any atom is -0.329 e. The van der Waals surface area contributed by atoms with Gasteiger partial charge in [-0.25, -0.2) is 4.98 Å². The highest BCUT2D eigenvalue weighted by Crippen LogP contribution is 2.64. The van der Waals surface area contributed by atoms with E-state index in [2.05, 4.69) is 10.3 Å². The molecule has 22 heavy (non-hydrogen) atoms. The second-order valence-corrected chi connectivity index (χ2v) is 8.14. The van der Waals surface area contributed by atoms with Crippen LogP contribution >= 0.6 is 35.0 Å². The Bertz CT molecular complexity index is 714. The largest absolute Gasteiger partial charge is 0.329 e. The van der Waals surface area contributed by atoms with E-state index in [1.165, 1.54) is 0 Å². The predicted octanol–water partition coefficient (Wildman–Crippen LogP) is 4.09. The van der Waals surface area contributed by atoms with Gasteiger partial charge in [0.25, 0.3) is 0 Å². The van der Waals surface area contributed by atoms with E-state index in [0.29, 0.717) is 6.42 Å².